The van der Waals surface area contributed by atoms with Gasteiger partial charge in [0.05, 0.1) is 0 Å². The molecule has 2 aromatic rings. The van der Waals surface area contributed by atoms with E-state index in [4.69, 9.17) is 0 Å². The van der Waals surface area contributed by atoms with Gasteiger partial charge in [0.25, 0.3) is 0 Å². The summed E-state index contributed by atoms with van der Waals surface area (Å²) >= 11 is 3.51. The molecule has 18 heavy (non-hydrogen) atoms. The van der Waals surface area contributed by atoms with Crippen molar-refractivity contribution in [1.82, 2.24) is 14.9 Å². The van der Waals surface area contributed by atoms with E-state index in [1.807, 2.05) is 24.8 Å². The zero-order valence-electron chi connectivity index (χ0n) is 9.65. The third-order valence-corrected chi connectivity index (χ3v) is 5.20. The van der Waals surface area contributed by atoms with Crippen LogP contribution in [0.4, 0.5) is 0 Å². The number of nitrogens with zero attached hydrogens (tertiary/aromatic N) is 4. The van der Waals surface area contributed by atoms with Crippen LogP contribution in [0.2, 0.25) is 0 Å². The average Bonchev–Trinajstić information content (AvgIpc) is 3.03. The minimum atomic E-state index is 0.282. The summed E-state index contributed by atoms with van der Waals surface area (Å²) in [5, 5.41) is 15.3. The third-order valence-electron chi connectivity index (χ3n) is 3.01. The van der Waals surface area contributed by atoms with Gasteiger partial charge in [-0.3, -0.25) is 5.01 Å². The maximum atomic E-state index is 4.19. The highest BCUT2D eigenvalue weighted by Crippen LogP contribution is 2.50. The van der Waals surface area contributed by atoms with Crippen molar-refractivity contribution in [2.75, 3.05) is 5.01 Å². The van der Waals surface area contributed by atoms with Crippen LogP contribution in [0.3, 0.4) is 0 Å². The predicted molar refractivity (Wildman–Crippen MR) is 73.7 cm³/mol. The number of fused-ring (bicyclic) bond motifs is 3. The number of hydrogen-bond acceptors (Lipinski definition) is 5. The Labute approximate surface area is 113 Å². The fraction of sp³-hybridized carbons (Fsp3) is 0.167. The van der Waals surface area contributed by atoms with Gasteiger partial charge in [-0.1, -0.05) is 42.1 Å². The molecule has 1 atom stereocenters. The normalized spacial score (nSPS) is 20.8. The third kappa shape index (κ3) is 1.36. The highest BCUT2D eigenvalue weighted by atomic mass is 32.2. The van der Waals surface area contributed by atoms with E-state index < -0.39 is 0 Å². The van der Waals surface area contributed by atoms with E-state index in [1.54, 1.807) is 11.8 Å². The molecule has 0 fully saturated rings. The standard InChI is InChI=1S/C12H10N4S2/c1-8-13-14-12-15(8)16-10(18-12)7-17-11(16)9-5-3-2-4-6-9/h2-7,11H,1H3/t11-/m0/s1. The Hall–Kier alpha value is -1.40. The number of hydrogen-bond donors (Lipinski definition) is 0. The van der Waals surface area contributed by atoms with Gasteiger partial charge >= 0.3 is 0 Å². The molecule has 2 aliphatic rings. The second-order valence-corrected chi connectivity index (χ2v) is 6.09. The quantitative estimate of drug-likeness (QED) is 0.798. The Morgan fingerprint density at radius 1 is 1.17 bits per heavy atom. The second kappa shape index (κ2) is 3.80. The lowest BCUT2D eigenvalue weighted by molar-refractivity contribution is 0.618. The summed E-state index contributed by atoms with van der Waals surface area (Å²) in [5.41, 5.74) is 1.30. The average molecular weight is 274 g/mol. The van der Waals surface area contributed by atoms with Crippen molar-refractivity contribution in [1.29, 1.82) is 0 Å². The van der Waals surface area contributed by atoms with Crippen LogP contribution in [-0.2, 0) is 0 Å². The lowest BCUT2D eigenvalue weighted by atomic mass is 10.2. The van der Waals surface area contributed by atoms with E-state index in [2.05, 4.69) is 49.6 Å². The molecule has 1 aromatic heterocycles. The Morgan fingerprint density at radius 2 is 2.00 bits per heavy atom. The van der Waals surface area contributed by atoms with Crippen LogP contribution in [0.5, 0.6) is 0 Å². The summed E-state index contributed by atoms with van der Waals surface area (Å²) in [7, 11) is 0. The molecule has 6 heteroatoms. The predicted octanol–water partition coefficient (Wildman–Crippen LogP) is 2.87. The molecule has 3 heterocycles. The van der Waals surface area contributed by atoms with Gasteiger partial charge in [-0.25, -0.2) is 4.68 Å². The second-order valence-electron chi connectivity index (χ2n) is 4.14. The molecular weight excluding hydrogens is 264 g/mol. The van der Waals surface area contributed by atoms with E-state index in [-0.39, 0.29) is 5.37 Å². The van der Waals surface area contributed by atoms with E-state index in [0.29, 0.717) is 0 Å². The van der Waals surface area contributed by atoms with Crippen molar-refractivity contribution in [3.8, 4) is 0 Å². The van der Waals surface area contributed by atoms with Gasteiger partial charge in [-0.15, -0.1) is 10.2 Å². The number of benzene rings is 1. The van der Waals surface area contributed by atoms with E-state index >= 15 is 0 Å². The van der Waals surface area contributed by atoms with Gasteiger partial charge in [-0.05, 0) is 24.2 Å². The van der Waals surface area contributed by atoms with Crippen LogP contribution in [0.1, 0.15) is 16.8 Å². The first kappa shape index (κ1) is 10.5. The fourth-order valence-electron chi connectivity index (χ4n) is 2.21. The molecular formula is C12H10N4S2. The first-order chi connectivity index (χ1) is 8.84. The molecule has 0 amide bonds. The van der Waals surface area contributed by atoms with E-state index in [1.165, 1.54) is 10.6 Å². The molecule has 90 valence electrons. The number of aromatic nitrogens is 3. The maximum absolute atomic E-state index is 4.19. The van der Waals surface area contributed by atoms with Gasteiger partial charge in [0.1, 0.15) is 10.4 Å². The smallest absolute Gasteiger partial charge is 0.216 e. The van der Waals surface area contributed by atoms with Gasteiger partial charge < -0.3 is 0 Å². The first-order valence-corrected chi connectivity index (χ1v) is 7.40. The van der Waals surface area contributed by atoms with Crippen molar-refractivity contribution in [3.05, 3.63) is 52.2 Å². The lowest BCUT2D eigenvalue weighted by Gasteiger charge is -2.25. The van der Waals surface area contributed by atoms with Crippen molar-refractivity contribution in [2.45, 2.75) is 17.5 Å². The minimum Gasteiger partial charge on any atom is -0.252 e. The summed E-state index contributed by atoms with van der Waals surface area (Å²) < 4.78 is 2.11. The van der Waals surface area contributed by atoms with Crippen LogP contribution in [0.25, 0.3) is 0 Å². The largest absolute Gasteiger partial charge is 0.252 e. The molecule has 4 nitrogen and oxygen atoms in total. The molecule has 0 bridgehead atoms. The van der Waals surface area contributed by atoms with Crippen molar-refractivity contribution in [2.24, 2.45) is 0 Å². The van der Waals surface area contributed by atoms with Gasteiger partial charge in [0, 0.05) is 5.41 Å². The van der Waals surface area contributed by atoms with Crippen LogP contribution in [0, 0.1) is 6.92 Å². The molecule has 0 unspecified atom stereocenters. The summed E-state index contributed by atoms with van der Waals surface area (Å²) in [5.74, 6) is 0.935. The van der Waals surface area contributed by atoms with Gasteiger partial charge in [0.2, 0.25) is 5.16 Å². The van der Waals surface area contributed by atoms with Gasteiger partial charge in [0.15, 0.2) is 5.82 Å². The van der Waals surface area contributed by atoms with Crippen LogP contribution < -0.4 is 5.01 Å². The van der Waals surface area contributed by atoms with Crippen LogP contribution >= 0.6 is 23.5 Å². The lowest BCUT2D eigenvalue weighted by Crippen LogP contribution is -2.29. The zero-order chi connectivity index (χ0) is 12.1. The number of rotatable bonds is 1. The fourth-order valence-corrected chi connectivity index (χ4v) is 4.48. The van der Waals surface area contributed by atoms with Crippen LogP contribution in [0.15, 0.2) is 45.9 Å². The van der Waals surface area contributed by atoms with Crippen molar-refractivity contribution >= 4 is 23.5 Å². The summed E-state index contributed by atoms with van der Waals surface area (Å²) in [4.78, 5) is 0. The minimum absolute atomic E-state index is 0.282. The molecule has 0 aliphatic carbocycles. The molecule has 0 saturated heterocycles. The topological polar surface area (TPSA) is 34.0 Å². The molecule has 1 aromatic carbocycles. The highest BCUT2D eigenvalue weighted by Gasteiger charge is 2.38. The van der Waals surface area contributed by atoms with Gasteiger partial charge in [-0.2, -0.15) is 0 Å². The van der Waals surface area contributed by atoms with E-state index in [9.17, 15) is 0 Å². The number of thioether (sulfide) groups is 2. The molecule has 2 aliphatic heterocycles. The summed E-state index contributed by atoms with van der Waals surface area (Å²) in [6.45, 7) is 1.99. The molecule has 0 N–H and O–H groups in total. The zero-order valence-corrected chi connectivity index (χ0v) is 11.3. The van der Waals surface area contributed by atoms with Crippen LogP contribution in [-0.4, -0.2) is 14.9 Å². The Kier molecular flexibility index (Phi) is 2.22. The monoisotopic (exact) mass is 274 g/mol. The molecule has 0 radical (unpaired) electrons. The van der Waals surface area contributed by atoms with Crippen molar-refractivity contribution < 1.29 is 0 Å². The summed E-state index contributed by atoms with van der Waals surface area (Å²) in [6.07, 6.45) is 0. The first-order valence-electron chi connectivity index (χ1n) is 5.64. The Morgan fingerprint density at radius 3 is 2.83 bits per heavy atom. The summed E-state index contributed by atoms with van der Waals surface area (Å²) in [6, 6.07) is 10.5. The molecule has 0 saturated carbocycles. The van der Waals surface area contributed by atoms with Crippen molar-refractivity contribution in [3.63, 3.8) is 0 Å². The van der Waals surface area contributed by atoms with E-state index in [0.717, 1.165) is 11.0 Å². The Bertz CT molecular complexity index is 635. The SMILES string of the molecule is Cc1nnc2n1N1C(=CS[C@H]1c1ccccc1)S2. The number of aryl methyl sites for hydroxylation is 1. The highest BCUT2D eigenvalue weighted by molar-refractivity contribution is 8.07. The maximum Gasteiger partial charge on any atom is 0.216 e. The molecule has 4 rings (SSSR count). The molecule has 0 spiro atoms. The Balaban J connectivity index is 1.81.